The van der Waals surface area contributed by atoms with Gasteiger partial charge in [-0.2, -0.15) is 0 Å². The summed E-state index contributed by atoms with van der Waals surface area (Å²) in [6.45, 7) is 0. The number of rotatable bonds is 7. The van der Waals surface area contributed by atoms with Gasteiger partial charge in [-0.3, -0.25) is 4.79 Å². The van der Waals surface area contributed by atoms with Gasteiger partial charge in [0.05, 0.1) is 21.3 Å². The van der Waals surface area contributed by atoms with Crippen molar-refractivity contribution in [1.82, 2.24) is 0 Å². The molecule has 0 aliphatic carbocycles. The van der Waals surface area contributed by atoms with Crippen LogP contribution in [-0.4, -0.2) is 26.9 Å². The first-order valence-corrected chi connectivity index (χ1v) is 9.43. The fourth-order valence-electron chi connectivity index (χ4n) is 2.80. The highest BCUT2D eigenvalue weighted by Crippen LogP contribution is 2.37. The van der Waals surface area contributed by atoms with E-state index in [1.807, 2.05) is 42.5 Å². The molecule has 0 radical (unpaired) electrons. The van der Waals surface area contributed by atoms with Gasteiger partial charge >= 0.3 is 0 Å². The zero-order chi connectivity index (χ0) is 19.2. The first kappa shape index (κ1) is 18.9. The highest BCUT2D eigenvalue weighted by Gasteiger charge is 2.20. The summed E-state index contributed by atoms with van der Waals surface area (Å²) in [7, 11) is 4.59. The Labute approximate surface area is 160 Å². The lowest BCUT2D eigenvalue weighted by molar-refractivity contribution is 0.108. The lowest BCUT2D eigenvalue weighted by Gasteiger charge is -2.14. The standard InChI is InChI=1S/C22H21O4P/c1-24-17-13-19(25-2)21(20(14-17)26-3)22(23)27-18-11-9-16(10-12-18)15-7-5-4-6-8-15/h4-14,27H,1-3H3. The summed E-state index contributed by atoms with van der Waals surface area (Å²) in [5.41, 5.74) is 2.67. The molecule has 4 nitrogen and oxygen atoms in total. The van der Waals surface area contributed by atoms with Gasteiger partial charge in [0.2, 0.25) is 0 Å². The molecule has 1 unspecified atom stereocenters. The number of benzene rings is 3. The van der Waals surface area contributed by atoms with Crippen LogP contribution < -0.4 is 19.5 Å². The molecule has 0 aliphatic heterocycles. The molecule has 0 aliphatic rings. The molecule has 3 rings (SSSR count). The molecule has 0 fully saturated rings. The third kappa shape index (κ3) is 4.29. The third-order valence-electron chi connectivity index (χ3n) is 4.19. The Hall–Kier alpha value is -2.84. The lowest BCUT2D eigenvalue weighted by atomic mass is 10.1. The van der Waals surface area contributed by atoms with Crippen molar-refractivity contribution in [3.8, 4) is 28.4 Å². The Bertz CT molecular complexity index is 896. The van der Waals surface area contributed by atoms with Crippen LogP contribution in [0.4, 0.5) is 0 Å². The third-order valence-corrected chi connectivity index (χ3v) is 5.29. The van der Waals surface area contributed by atoms with Gasteiger partial charge in [-0.1, -0.05) is 54.6 Å². The molecule has 0 spiro atoms. The smallest absolute Gasteiger partial charge is 0.193 e. The summed E-state index contributed by atoms with van der Waals surface area (Å²) in [5, 5.41) is 0.958. The van der Waals surface area contributed by atoms with E-state index in [-0.39, 0.29) is 14.1 Å². The van der Waals surface area contributed by atoms with Gasteiger partial charge in [-0.05, 0) is 25.0 Å². The topological polar surface area (TPSA) is 44.8 Å². The number of ether oxygens (including phenoxy) is 3. The Morgan fingerprint density at radius 3 is 1.81 bits per heavy atom. The van der Waals surface area contributed by atoms with Crippen LogP contribution in [0.3, 0.4) is 0 Å². The molecule has 3 aromatic carbocycles. The number of carbonyl (C=O) groups is 1. The molecule has 0 saturated heterocycles. The van der Waals surface area contributed by atoms with Crippen molar-refractivity contribution in [1.29, 1.82) is 0 Å². The van der Waals surface area contributed by atoms with E-state index in [0.717, 1.165) is 16.4 Å². The van der Waals surface area contributed by atoms with Gasteiger partial charge in [0.1, 0.15) is 22.8 Å². The van der Waals surface area contributed by atoms with E-state index in [1.54, 1.807) is 19.2 Å². The van der Waals surface area contributed by atoms with Crippen LogP contribution in [0, 0.1) is 0 Å². The van der Waals surface area contributed by atoms with E-state index in [0.29, 0.717) is 22.8 Å². The van der Waals surface area contributed by atoms with Crippen LogP contribution in [0.5, 0.6) is 17.2 Å². The maximum Gasteiger partial charge on any atom is 0.193 e. The van der Waals surface area contributed by atoms with E-state index in [1.165, 1.54) is 14.2 Å². The molecule has 5 heteroatoms. The first-order valence-electron chi connectivity index (χ1n) is 8.43. The van der Waals surface area contributed by atoms with Gasteiger partial charge in [0, 0.05) is 12.1 Å². The minimum atomic E-state index is -0.0428. The van der Waals surface area contributed by atoms with Crippen LogP contribution in [0.1, 0.15) is 10.4 Å². The maximum absolute atomic E-state index is 12.9. The quantitative estimate of drug-likeness (QED) is 0.565. The number of methoxy groups -OCH3 is 3. The average Bonchev–Trinajstić information content (AvgIpc) is 2.73. The zero-order valence-electron chi connectivity index (χ0n) is 15.5. The number of hydrogen-bond donors (Lipinski definition) is 0. The minimum absolute atomic E-state index is 0.0337. The van der Waals surface area contributed by atoms with Crippen molar-refractivity contribution >= 4 is 19.4 Å². The second kappa shape index (κ2) is 8.70. The summed E-state index contributed by atoms with van der Waals surface area (Å²) < 4.78 is 16.0. The lowest BCUT2D eigenvalue weighted by Crippen LogP contribution is -2.05. The zero-order valence-corrected chi connectivity index (χ0v) is 16.5. The Kier molecular flexibility index (Phi) is 6.10. The van der Waals surface area contributed by atoms with Crippen molar-refractivity contribution in [2.45, 2.75) is 0 Å². The molecule has 27 heavy (non-hydrogen) atoms. The van der Waals surface area contributed by atoms with Crippen LogP contribution in [-0.2, 0) is 0 Å². The largest absolute Gasteiger partial charge is 0.496 e. The fraction of sp³-hybridized carbons (Fsp3) is 0.136. The molecule has 0 aromatic heterocycles. The molecule has 0 saturated carbocycles. The molecule has 1 atom stereocenters. The van der Waals surface area contributed by atoms with Gasteiger partial charge in [-0.15, -0.1) is 0 Å². The van der Waals surface area contributed by atoms with Crippen LogP contribution in [0.2, 0.25) is 0 Å². The molecule has 138 valence electrons. The Morgan fingerprint density at radius 1 is 0.741 bits per heavy atom. The number of carbonyl (C=O) groups excluding carboxylic acids is 1. The highest BCUT2D eigenvalue weighted by molar-refractivity contribution is 7.66. The second-order valence-corrected chi connectivity index (χ2v) is 7.09. The Morgan fingerprint density at radius 2 is 1.30 bits per heavy atom. The molecular formula is C22H21O4P. The predicted octanol–water partition coefficient (Wildman–Crippen LogP) is 4.52. The molecule has 0 heterocycles. The molecule has 0 bridgehead atoms. The summed E-state index contributed by atoms with van der Waals surface area (Å²) in [4.78, 5) is 12.9. The van der Waals surface area contributed by atoms with Crippen molar-refractivity contribution < 1.29 is 19.0 Å². The van der Waals surface area contributed by atoms with E-state index in [4.69, 9.17) is 14.2 Å². The van der Waals surface area contributed by atoms with E-state index < -0.39 is 0 Å². The summed E-state index contributed by atoms with van der Waals surface area (Å²) in [6.07, 6.45) is 0. The minimum Gasteiger partial charge on any atom is -0.496 e. The molecule has 0 amide bonds. The molecular weight excluding hydrogens is 359 g/mol. The number of hydrogen-bond acceptors (Lipinski definition) is 4. The van der Waals surface area contributed by atoms with Crippen LogP contribution in [0.25, 0.3) is 11.1 Å². The normalized spacial score (nSPS) is 10.8. The van der Waals surface area contributed by atoms with Gasteiger partial charge < -0.3 is 14.2 Å². The van der Waals surface area contributed by atoms with Gasteiger partial charge in [-0.25, -0.2) is 0 Å². The van der Waals surface area contributed by atoms with Crippen molar-refractivity contribution in [3.05, 3.63) is 72.3 Å². The first-order chi connectivity index (χ1) is 13.2. The van der Waals surface area contributed by atoms with Crippen molar-refractivity contribution in [2.24, 2.45) is 0 Å². The highest BCUT2D eigenvalue weighted by atomic mass is 31.1. The monoisotopic (exact) mass is 380 g/mol. The van der Waals surface area contributed by atoms with Crippen LogP contribution in [0.15, 0.2) is 66.7 Å². The SMILES string of the molecule is COc1cc(OC)c(C(=O)Pc2ccc(-c3ccccc3)cc2)c(OC)c1. The average molecular weight is 380 g/mol. The molecule has 0 N–H and O–H groups in total. The van der Waals surface area contributed by atoms with Crippen LogP contribution >= 0.6 is 8.58 Å². The summed E-state index contributed by atoms with van der Waals surface area (Å²) in [5.74, 6) is 1.48. The second-order valence-electron chi connectivity index (χ2n) is 5.80. The summed E-state index contributed by atoms with van der Waals surface area (Å²) in [6, 6.07) is 21.6. The maximum atomic E-state index is 12.9. The van der Waals surface area contributed by atoms with Gasteiger partial charge in [0.25, 0.3) is 0 Å². The van der Waals surface area contributed by atoms with E-state index in [9.17, 15) is 4.79 Å². The summed E-state index contributed by atoms with van der Waals surface area (Å²) >= 11 is 0. The fourth-order valence-corrected chi connectivity index (χ4v) is 3.77. The van der Waals surface area contributed by atoms with E-state index >= 15 is 0 Å². The molecule has 3 aromatic rings. The van der Waals surface area contributed by atoms with Crippen molar-refractivity contribution in [3.63, 3.8) is 0 Å². The predicted molar refractivity (Wildman–Crippen MR) is 110 cm³/mol. The Balaban J connectivity index is 1.85. The van der Waals surface area contributed by atoms with Crippen molar-refractivity contribution in [2.75, 3.05) is 21.3 Å². The van der Waals surface area contributed by atoms with Gasteiger partial charge in [0.15, 0.2) is 5.52 Å². The van der Waals surface area contributed by atoms with E-state index in [2.05, 4.69) is 12.1 Å².